The van der Waals surface area contributed by atoms with Crippen molar-refractivity contribution in [3.8, 4) is 39.1 Å². The average Bonchev–Trinajstić information content (AvgIpc) is 3.04. The van der Waals surface area contributed by atoms with Crippen LogP contribution in [0.15, 0.2) is 267 Å². The van der Waals surface area contributed by atoms with E-state index in [4.69, 9.17) is 9.47 Å². The van der Waals surface area contributed by atoms with Crippen LogP contribution in [0.25, 0.3) is 33.4 Å². The third kappa shape index (κ3) is 13.6. The van der Waals surface area contributed by atoms with Gasteiger partial charge in [-0.05, 0) is 123 Å². The summed E-state index contributed by atoms with van der Waals surface area (Å²) in [6, 6.07) is 98.0. The van der Waals surface area contributed by atoms with Crippen LogP contribution >= 0.6 is 0 Å². The molecule has 0 aliphatic heterocycles. The minimum absolute atomic E-state index is 0.577. The molecule has 84 heavy (non-hydrogen) atoms. The van der Waals surface area contributed by atoms with Crippen molar-refractivity contribution >= 4 is 68.8 Å². The summed E-state index contributed by atoms with van der Waals surface area (Å²) in [5.74, 6) is 5.97. The maximum atomic E-state index is 5.84. The molecular weight excluding hydrogens is 1080 g/mol. The van der Waals surface area contributed by atoms with E-state index in [2.05, 4.69) is 321 Å². The number of ether oxygens (including phenoxy) is 2. The molecule has 418 valence electrons. The van der Waals surface area contributed by atoms with Crippen LogP contribution in [0.4, 0.5) is 51.2 Å². The normalized spacial score (nSPS) is 11.3. The van der Waals surface area contributed by atoms with Crippen molar-refractivity contribution in [2.45, 2.75) is 57.8 Å². The molecule has 5 nitrogen and oxygen atoms in total. The van der Waals surface area contributed by atoms with Crippen molar-refractivity contribution in [1.29, 1.82) is 0 Å². The molecule has 0 spiro atoms. The second-order valence-electron chi connectivity index (χ2n) is 22.7. The van der Waals surface area contributed by atoms with Gasteiger partial charge in [0.25, 0.3) is 0 Å². The van der Waals surface area contributed by atoms with Crippen LogP contribution in [-0.2, 0) is 11.2 Å². The molecule has 0 bridgehead atoms. The fraction of sp³-hybridized carbons (Fsp3) is 0.154. The Morgan fingerprint density at radius 2 is 0.548 bits per heavy atom. The molecule has 11 aromatic rings. The zero-order chi connectivity index (χ0) is 58.0. The Kier molecular flexibility index (Phi) is 17.7. The van der Waals surface area contributed by atoms with Gasteiger partial charge in [0.15, 0.2) is 0 Å². The zero-order valence-corrected chi connectivity index (χ0v) is 51.7. The molecule has 0 N–H and O–H groups in total. The number of hydrogen-bond donors (Lipinski definition) is 0. The summed E-state index contributed by atoms with van der Waals surface area (Å²) in [6.07, 6.45) is 1.08. The van der Waals surface area contributed by atoms with E-state index in [1.165, 1.54) is 54.2 Å². The summed E-state index contributed by atoms with van der Waals surface area (Å²) in [5, 5.41) is 1.23. The Morgan fingerprint density at radius 3 is 0.810 bits per heavy atom. The van der Waals surface area contributed by atoms with Crippen LogP contribution in [0.3, 0.4) is 0 Å². The van der Waals surface area contributed by atoms with Gasteiger partial charge in [-0.25, -0.2) is 0 Å². The Bertz CT molecular complexity index is 3820. The Balaban J connectivity index is 0.785. The molecule has 0 aliphatic rings. The summed E-state index contributed by atoms with van der Waals surface area (Å²) >= 11 is -2.27. The van der Waals surface area contributed by atoms with E-state index >= 15 is 0 Å². The van der Waals surface area contributed by atoms with Gasteiger partial charge in [0.1, 0.15) is 0 Å². The standard InChI is InChI=1S/C78H75GeN3O2/c1-8-83-55-56-84-78-51-17-61(18-52-78)53-54-79(6,7)68-31-19-62(20-32-68)63-21-41-74(42-22-63)81(71-37-13-59(4)14-38-71)75-45-27-66(28-46-75)67-29-49-77(50-30-67)82(72-39-15-60(5)16-40-72)76-47-25-65(26-48-76)64-23-43-73(44-24-64)80(69-33-9-57(2)10-34-69)70-35-11-58(3)12-36-70/h9-52H,8,53-56H2,1-7H3. The van der Waals surface area contributed by atoms with E-state index in [0.717, 1.165) is 80.0 Å². The van der Waals surface area contributed by atoms with E-state index < -0.39 is 13.3 Å². The fourth-order valence-corrected chi connectivity index (χ4v) is 15.7. The topological polar surface area (TPSA) is 28.2 Å². The van der Waals surface area contributed by atoms with Crippen LogP contribution in [-0.4, -0.2) is 33.1 Å². The van der Waals surface area contributed by atoms with E-state index in [0.29, 0.717) is 19.8 Å². The van der Waals surface area contributed by atoms with Crippen molar-refractivity contribution in [2.75, 3.05) is 34.5 Å². The van der Waals surface area contributed by atoms with Gasteiger partial charge in [0.05, 0.1) is 0 Å². The van der Waals surface area contributed by atoms with Gasteiger partial charge < -0.3 is 9.80 Å². The molecule has 0 fully saturated rings. The molecule has 0 saturated heterocycles. The molecule has 0 aromatic heterocycles. The molecule has 0 saturated carbocycles. The van der Waals surface area contributed by atoms with Crippen molar-refractivity contribution in [2.24, 2.45) is 0 Å². The molecule has 11 rings (SSSR count). The molecule has 0 heterocycles. The molecule has 0 amide bonds. The number of anilines is 9. The molecule has 0 radical (unpaired) electrons. The monoisotopic (exact) mass is 1160 g/mol. The number of benzene rings is 11. The van der Waals surface area contributed by atoms with Gasteiger partial charge >= 0.3 is 243 Å². The average molecular weight is 1160 g/mol. The molecule has 0 aliphatic carbocycles. The third-order valence-corrected chi connectivity index (χ3v) is 23.3. The minimum atomic E-state index is -2.27. The van der Waals surface area contributed by atoms with Crippen LogP contribution < -0.4 is 23.8 Å². The van der Waals surface area contributed by atoms with Gasteiger partial charge in [-0.1, -0.05) is 95.1 Å². The fourth-order valence-electron chi connectivity index (χ4n) is 11.0. The second-order valence-corrected chi connectivity index (χ2v) is 32.9. The van der Waals surface area contributed by atoms with Crippen LogP contribution in [0.2, 0.25) is 16.8 Å². The first kappa shape index (κ1) is 57.0. The summed E-state index contributed by atoms with van der Waals surface area (Å²) in [7, 11) is 0. The van der Waals surface area contributed by atoms with Gasteiger partial charge in [-0.3, -0.25) is 0 Å². The SMILES string of the molecule is CCOCCOc1ccc(C[CH2][Ge]([CH3])([CH3])[c]2ccc(-c3ccc(N(c4ccc(C)cc4)c4ccc(-c5ccc(N(c6ccc(C)cc6)c6ccc(-c7ccc(N(c8ccc(C)cc8)c8ccc(C)cc8)cc7)cc6)cc5)cc4)cc3)cc2)cc1. The number of aryl methyl sites for hydroxylation is 5. The molecule has 11 aromatic carbocycles. The summed E-state index contributed by atoms with van der Waals surface area (Å²) < 4.78 is 12.8. The summed E-state index contributed by atoms with van der Waals surface area (Å²) in [4.78, 5) is 7.02. The Labute approximate surface area is 501 Å². The van der Waals surface area contributed by atoms with Gasteiger partial charge in [0, 0.05) is 34.1 Å². The molecular formula is C78H75GeN3O2. The Hall–Kier alpha value is -8.88. The van der Waals surface area contributed by atoms with E-state index in [-0.39, 0.29) is 0 Å². The predicted molar refractivity (Wildman–Crippen MR) is 360 cm³/mol. The van der Waals surface area contributed by atoms with Crippen molar-refractivity contribution in [1.82, 2.24) is 0 Å². The summed E-state index contributed by atoms with van der Waals surface area (Å²) in [5.41, 5.74) is 23.4. The molecule has 6 heteroatoms. The molecule has 0 atom stereocenters. The van der Waals surface area contributed by atoms with Crippen LogP contribution in [0.1, 0.15) is 34.7 Å². The predicted octanol–water partition coefficient (Wildman–Crippen LogP) is 20.9. The second kappa shape index (κ2) is 26.1. The van der Waals surface area contributed by atoms with Gasteiger partial charge in [0.2, 0.25) is 0 Å². The summed E-state index contributed by atoms with van der Waals surface area (Å²) in [6.45, 7) is 12.5. The Morgan fingerprint density at radius 1 is 0.298 bits per heavy atom. The number of nitrogens with zero attached hydrogens (tertiary/aromatic N) is 3. The van der Waals surface area contributed by atoms with E-state index in [1.54, 1.807) is 0 Å². The van der Waals surface area contributed by atoms with Crippen LogP contribution in [0.5, 0.6) is 5.75 Å². The van der Waals surface area contributed by atoms with E-state index in [9.17, 15) is 0 Å². The van der Waals surface area contributed by atoms with Crippen molar-refractivity contribution in [3.63, 3.8) is 0 Å². The van der Waals surface area contributed by atoms with Gasteiger partial charge in [-0.15, -0.1) is 0 Å². The van der Waals surface area contributed by atoms with Crippen molar-refractivity contribution < 1.29 is 9.47 Å². The first-order valence-electron chi connectivity index (χ1n) is 29.5. The maximum absolute atomic E-state index is 5.84. The van der Waals surface area contributed by atoms with E-state index in [1.807, 2.05) is 6.92 Å². The quantitative estimate of drug-likeness (QED) is 0.0528. The first-order valence-corrected chi connectivity index (χ1v) is 36.3. The van der Waals surface area contributed by atoms with Crippen molar-refractivity contribution in [3.05, 3.63) is 295 Å². The molecule has 0 unspecified atom stereocenters. The third-order valence-electron chi connectivity index (χ3n) is 16.1. The number of hydrogen-bond acceptors (Lipinski definition) is 5. The first-order chi connectivity index (χ1) is 40.9. The number of rotatable bonds is 21. The zero-order valence-electron chi connectivity index (χ0n) is 49.6. The van der Waals surface area contributed by atoms with Gasteiger partial charge in [-0.2, -0.15) is 0 Å². The van der Waals surface area contributed by atoms with Crippen LogP contribution in [0, 0.1) is 27.7 Å².